The van der Waals surface area contributed by atoms with Crippen LogP contribution in [0.25, 0.3) is 10.9 Å². The molecule has 0 amide bonds. The molecular weight excluding hydrogens is 474 g/mol. The first-order valence-electron chi connectivity index (χ1n) is 11.3. The van der Waals surface area contributed by atoms with E-state index in [0.29, 0.717) is 16.8 Å². The molecule has 2 aliphatic rings. The quantitative estimate of drug-likeness (QED) is 0.191. The highest BCUT2D eigenvalue weighted by Crippen LogP contribution is 2.22. The number of aliphatic hydroxyl groups is 8. The zero-order valence-corrected chi connectivity index (χ0v) is 18.9. The van der Waals surface area contributed by atoms with Crippen molar-refractivity contribution in [3.63, 3.8) is 0 Å². The zero-order chi connectivity index (χ0) is 26.0. The van der Waals surface area contributed by atoms with E-state index in [1.54, 1.807) is 30.3 Å². The monoisotopic (exact) mass is 501 g/mol. The van der Waals surface area contributed by atoms with Crippen LogP contribution in [-0.4, -0.2) is 120 Å². The van der Waals surface area contributed by atoms with Gasteiger partial charge in [-0.05, 0) is 36.3 Å². The number of hydrogen-bond donors (Lipinski definition) is 8. The lowest BCUT2D eigenvalue weighted by molar-refractivity contribution is -0.214. The molecule has 2 saturated heterocycles. The van der Waals surface area contributed by atoms with Crippen LogP contribution in [0.2, 0.25) is 0 Å². The van der Waals surface area contributed by atoms with Gasteiger partial charge in [-0.2, -0.15) is 0 Å². The van der Waals surface area contributed by atoms with Crippen LogP contribution >= 0.6 is 0 Å². The highest BCUT2D eigenvalue weighted by molar-refractivity contribution is 5.80. The topological polar surface area (TPSA) is 193 Å². The van der Waals surface area contributed by atoms with Crippen molar-refractivity contribution >= 4 is 10.9 Å². The average Bonchev–Trinajstić information content (AvgIpc) is 2.89. The number of ether oxygens (including phenoxy) is 2. The third-order valence-corrected chi connectivity index (χ3v) is 6.17. The van der Waals surface area contributed by atoms with Crippen LogP contribution in [0.4, 0.5) is 0 Å². The zero-order valence-electron chi connectivity index (χ0n) is 18.9. The molecule has 0 spiro atoms. The summed E-state index contributed by atoms with van der Waals surface area (Å²) in [6.45, 7) is -1.08. The lowest BCUT2D eigenvalue weighted by atomic mass is 9.95. The van der Waals surface area contributed by atoms with E-state index in [0.717, 1.165) is 5.39 Å². The first kappa shape index (κ1) is 26.4. The second kappa shape index (κ2) is 11.2. The number of aromatic nitrogens is 1. The molecule has 0 bridgehead atoms. The Morgan fingerprint density at radius 1 is 0.667 bits per heavy atom. The van der Waals surface area contributed by atoms with Crippen molar-refractivity contribution in [2.45, 2.75) is 61.0 Å². The van der Waals surface area contributed by atoms with Crippen molar-refractivity contribution in [1.82, 2.24) is 4.98 Å². The summed E-state index contributed by atoms with van der Waals surface area (Å²) in [5.74, 6) is 11.0. The third-order valence-electron chi connectivity index (χ3n) is 6.17. The van der Waals surface area contributed by atoms with Crippen molar-refractivity contribution < 1.29 is 50.3 Å². The summed E-state index contributed by atoms with van der Waals surface area (Å²) >= 11 is 0. The minimum absolute atomic E-state index is 0.361. The van der Waals surface area contributed by atoms with Gasteiger partial charge in [-0.15, -0.1) is 0 Å². The van der Waals surface area contributed by atoms with Crippen LogP contribution in [0.1, 0.15) is 11.3 Å². The summed E-state index contributed by atoms with van der Waals surface area (Å²) in [5, 5.41) is 79.0. The first-order valence-corrected chi connectivity index (χ1v) is 11.3. The standard InChI is InChI=1S/C25H27NO10/c27-10-18-22(31)24(33)20(29)16(35-18)7-2-12-1-6-15-13(9-12)3-4-14(26-15)5-8-17-21(30)25(34)23(32)19(11-28)36-17/h1,3-4,6,9,16-25,27-34H,10-11H2/t16-,17-,18-,19-,20-,21-,22-,23-,24-,25-/m1/s1. The summed E-state index contributed by atoms with van der Waals surface area (Å²) < 4.78 is 10.8. The van der Waals surface area contributed by atoms with Crippen LogP contribution in [0.3, 0.4) is 0 Å². The third kappa shape index (κ3) is 5.37. The molecule has 0 radical (unpaired) electrons. The Bertz CT molecular complexity index is 1100. The summed E-state index contributed by atoms with van der Waals surface area (Å²) in [7, 11) is 0. The Balaban J connectivity index is 1.50. The van der Waals surface area contributed by atoms with E-state index in [1.807, 2.05) is 0 Å². The van der Waals surface area contributed by atoms with E-state index in [9.17, 15) is 40.9 Å². The van der Waals surface area contributed by atoms with E-state index in [2.05, 4.69) is 28.7 Å². The van der Waals surface area contributed by atoms with Crippen LogP contribution in [0.5, 0.6) is 0 Å². The largest absolute Gasteiger partial charge is 0.394 e. The molecule has 8 N–H and O–H groups in total. The van der Waals surface area contributed by atoms with Gasteiger partial charge < -0.3 is 50.3 Å². The molecule has 11 heteroatoms. The molecule has 0 saturated carbocycles. The van der Waals surface area contributed by atoms with E-state index < -0.39 is 74.3 Å². The molecule has 36 heavy (non-hydrogen) atoms. The van der Waals surface area contributed by atoms with Gasteiger partial charge in [-0.3, -0.25) is 0 Å². The van der Waals surface area contributed by atoms with Crippen LogP contribution in [0, 0.1) is 23.7 Å². The second-order valence-electron chi connectivity index (χ2n) is 8.64. The molecular formula is C25H27NO10. The van der Waals surface area contributed by atoms with Crippen molar-refractivity contribution in [2.75, 3.05) is 13.2 Å². The van der Waals surface area contributed by atoms with E-state index in [1.165, 1.54) is 0 Å². The number of pyridine rings is 1. The van der Waals surface area contributed by atoms with E-state index in [4.69, 9.17) is 9.47 Å². The molecule has 10 atom stereocenters. The summed E-state index contributed by atoms with van der Waals surface area (Å²) in [5.41, 5.74) is 1.52. The molecule has 0 aliphatic carbocycles. The average molecular weight is 501 g/mol. The number of benzene rings is 1. The van der Waals surface area contributed by atoms with E-state index in [-0.39, 0.29) is 0 Å². The normalized spacial score (nSPS) is 36.4. The van der Waals surface area contributed by atoms with Gasteiger partial charge in [0, 0.05) is 10.9 Å². The fraction of sp³-hybridized carbons (Fsp3) is 0.480. The summed E-state index contributed by atoms with van der Waals surface area (Å²) in [4.78, 5) is 4.43. The Morgan fingerprint density at radius 3 is 1.78 bits per heavy atom. The maximum atomic E-state index is 10.1. The minimum Gasteiger partial charge on any atom is -0.394 e. The Morgan fingerprint density at radius 2 is 1.22 bits per heavy atom. The van der Waals surface area contributed by atoms with Crippen molar-refractivity contribution in [1.29, 1.82) is 0 Å². The number of nitrogens with zero attached hydrogens (tertiary/aromatic N) is 1. The van der Waals surface area contributed by atoms with Crippen LogP contribution in [0.15, 0.2) is 30.3 Å². The van der Waals surface area contributed by atoms with Crippen LogP contribution < -0.4 is 0 Å². The van der Waals surface area contributed by atoms with Crippen molar-refractivity contribution in [3.05, 3.63) is 41.6 Å². The summed E-state index contributed by atoms with van der Waals surface area (Å²) in [6, 6.07) is 8.51. The Labute approximate surface area is 206 Å². The molecule has 1 aromatic heterocycles. The van der Waals surface area contributed by atoms with Gasteiger partial charge in [-0.25, -0.2) is 4.98 Å². The van der Waals surface area contributed by atoms with E-state index >= 15 is 0 Å². The maximum Gasteiger partial charge on any atom is 0.147 e. The Kier molecular flexibility index (Phi) is 8.20. The first-order chi connectivity index (χ1) is 17.2. The fourth-order valence-electron chi connectivity index (χ4n) is 4.01. The van der Waals surface area contributed by atoms with Gasteiger partial charge in [-0.1, -0.05) is 17.8 Å². The maximum absolute atomic E-state index is 10.1. The SMILES string of the molecule is OC[C@H]1O[C@H](C#Cc2ccc3nc(C#C[C@H]4O[C@H](CO)[C@@H](O)[C@H](O)[C@@H]4O)ccc3c2)[C@@H](O)[C@@H](O)[C@@H]1O. The van der Waals surface area contributed by atoms with Crippen molar-refractivity contribution in [3.8, 4) is 23.7 Å². The minimum atomic E-state index is -1.51. The molecule has 2 fully saturated rings. The van der Waals surface area contributed by atoms with Gasteiger partial charge >= 0.3 is 0 Å². The molecule has 1 aromatic carbocycles. The number of aliphatic hydroxyl groups excluding tert-OH is 8. The predicted molar refractivity (Wildman–Crippen MR) is 123 cm³/mol. The lowest BCUT2D eigenvalue weighted by Crippen LogP contribution is -2.58. The smallest absolute Gasteiger partial charge is 0.147 e. The fourth-order valence-corrected chi connectivity index (χ4v) is 4.01. The number of hydrogen-bond acceptors (Lipinski definition) is 11. The molecule has 3 heterocycles. The van der Waals surface area contributed by atoms with Gasteiger partial charge in [0.2, 0.25) is 0 Å². The molecule has 192 valence electrons. The molecule has 11 nitrogen and oxygen atoms in total. The molecule has 4 rings (SSSR count). The van der Waals surface area contributed by atoms with Gasteiger partial charge in [0.15, 0.2) is 0 Å². The molecule has 0 unspecified atom stereocenters. The lowest BCUT2D eigenvalue weighted by Gasteiger charge is -2.37. The van der Waals surface area contributed by atoms with Gasteiger partial charge in [0.1, 0.15) is 66.7 Å². The molecule has 2 aromatic rings. The predicted octanol–water partition coefficient (Wildman–Crippen LogP) is -3.38. The number of rotatable bonds is 2. The number of fused-ring (bicyclic) bond motifs is 1. The molecule has 2 aliphatic heterocycles. The van der Waals surface area contributed by atoms with Gasteiger partial charge in [0.05, 0.1) is 18.7 Å². The van der Waals surface area contributed by atoms with Gasteiger partial charge in [0.25, 0.3) is 0 Å². The Hall–Kier alpha value is -2.65. The van der Waals surface area contributed by atoms with Crippen molar-refractivity contribution in [2.24, 2.45) is 0 Å². The highest BCUT2D eigenvalue weighted by atomic mass is 16.5. The summed E-state index contributed by atoms with van der Waals surface area (Å²) in [6.07, 6.45) is -13.1. The second-order valence-corrected chi connectivity index (χ2v) is 8.64. The highest BCUT2D eigenvalue weighted by Gasteiger charge is 2.43. The van der Waals surface area contributed by atoms with Crippen LogP contribution in [-0.2, 0) is 9.47 Å².